The van der Waals surface area contributed by atoms with Gasteiger partial charge in [-0.15, -0.1) is 0 Å². The Kier molecular flexibility index (Phi) is 3.76. The number of hydrogen-bond donors (Lipinski definition) is 1. The van der Waals surface area contributed by atoms with Crippen molar-refractivity contribution in [3.8, 4) is 0 Å². The highest BCUT2D eigenvalue weighted by molar-refractivity contribution is 5.76. The Balaban J connectivity index is 1.48. The van der Waals surface area contributed by atoms with Gasteiger partial charge < -0.3 is 9.88 Å². The number of imidazole rings is 1. The van der Waals surface area contributed by atoms with E-state index in [9.17, 15) is 4.79 Å². The van der Waals surface area contributed by atoms with Crippen LogP contribution in [-0.2, 0) is 24.2 Å². The summed E-state index contributed by atoms with van der Waals surface area (Å²) in [5, 5.41) is 3.10. The summed E-state index contributed by atoms with van der Waals surface area (Å²) >= 11 is 0. The van der Waals surface area contributed by atoms with Gasteiger partial charge >= 0.3 is 0 Å². The summed E-state index contributed by atoms with van der Waals surface area (Å²) in [5.74, 6) is 1.16. The Morgan fingerprint density at radius 1 is 1.35 bits per heavy atom. The second kappa shape index (κ2) is 5.86. The third-order valence-electron chi connectivity index (χ3n) is 3.65. The molecule has 5 nitrogen and oxygen atoms in total. The normalized spacial score (nSPS) is 17.5. The van der Waals surface area contributed by atoms with Gasteiger partial charge in [0.1, 0.15) is 5.82 Å². The first-order chi connectivity index (χ1) is 9.81. The Labute approximate surface area is 118 Å². The van der Waals surface area contributed by atoms with Crippen LogP contribution in [0.2, 0.25) is 0 Å². The third kappa shape index (κ3) is 3.04. The molecule has 0 aliphatic carbocycles. The van der Waals surface area contributed by atoms with E-state index in [1.54, 1.807) is 6.20 Å². The van der Waals surface area contributed by atoms with E-state index in [4.69, 9.17) is 0 Å². The van der Waals surface area contributed by atoms with E-state index in [2.05, 4.69) is 19.9 Å². The fourth-order valence-electron chi connectivity index (χ4n) is 2.56. The smallest absolute Gasteiger partial charge is 0.220 e. The Morgan fingerprint density at radius 3 is 3.15 bits per heavy atom. The number of carbonyl (C=O) groups is 1. The number of rotatable bonds is 4. The zero-order chi connectivity index (χ0) is 13.8. The molecule has 0 radical (unpaired) electrons. The van der Waals surface area contributed by atoms with Crippen molar-refractivity contribution < 1.29 is 4.79 Å². The molecule has 0 saturated carbocycles. The molecular weight excluding hydrogens is 252 g/mol. The van der Waals surface area contributed by atoms with Crippen LogP contribution >= 0.6 is 0 Å². The maximum atomic E-state index is 12.0. The zero-order valence-electron chi connectivity index (χ0n) is 11.3. The molecule has 1 unspecified atom stereocenters. The molecule has 1 N–H and O–H groups in total. The minimum Gasteiger partial charge on any atom is -0.353 e. The van der Waals surface area contributed by atoms with Gasteiger partial charge in [0.25, 0.3) is 0 Å². The molecule has 1 amide bonds. The molecule has 2 aromatic heterocycles. The van der Waals surface area contributed by atoms with Crippen molar-refractivity contribution in [3.05, 3.63) is 48.3 Å². The lowest BCUT2D eigenvalue weighted by molar-refractivity contribution is -0.121. The van der Waals surface area contributed by atoms with Crippen molar-refractivity contribution in [2.75, 3.05) is 0 Å². The van der Waals surface area contributed by atoms with Crippen molar-refractivity contribution in [2.45, 2.75) is 38.3 Å². The molecule has 5 heteroatoms. The lowest BCUT2D eigenvalue weighted by Crippen LogP contribution is -2.40. The molecule has 1 aliphatic rings. The van der Waals surface area contributed by atoms with Crippen LogP contribution < -0.4 is 5.32 Å². The van der Waals surface area contributed by atoms with E-state index < -0.39 is 0 Å². The predicted octanol–water partition coefficient (Wildman–Crippen LogP) is 1.34. The van der Waals surface area contributed by atoms with Crippen LogP contribution in [-0.4, -0.2) is 26.5 Å². The number of hydrogen-bond acceptors (Lipinski definition) is 3. The van der Waals surface area contributed by atoms with Crippen molar-refractivity contribution in [1.29, 1.82) is 0 Å². The van der Waals surface area contributed by atoms with Crippen LogP contribution in [0.5, 0.6) is 0 Å². The van der Waals surface area contributed by atoms with Crippen molar-refractivity contribution in [3.63, 3.8) is 0 Å². The van der Waals surface area contributed by atoms with E-state index in [1.165, 1.54) is 0 Å². The minimum absolute atomic E-state index is 0.0978. The van der Waals surface area contributed by atoms with Crippen LogP contribution in [0.25, 0.3) is 0 Å². The number of carbonyl (C=O) groups excluding carboxylic acids is 1. The first-order valence-corrected chi connectivity index (χ1v) is 7.00. The summed E-state index contributed by atoms with van der Waals surface area (Å²) in [5.41, 5.74) is 0.960. The molecule has 3 heterocycles. The number of pyridine rings is 1. The summed E-state index contributed by atoms with van der Waals surface area (Å²) < 4.78 is 2.15. The zero-order valence-corrected chi connectivity index (χ0v) is 11.3. The van der Waals surface area contributed by atoms with Gasteiger partial charge in [0.05, 0.1) is 0 Å². The van der Waals surface area contributed by atoms with E-state index >= 15 is 0 Å². The lowest BCUT2D eigenvalue weighted by atomic mass is 10.1. The first kappa shape index (κ1) is 12.8. The summed E-state index contributed by atoms with van der Waals surface area (Å²) in [6.45, 7) is 0.931. The molecule has 20 heavy (non-hydrogen) atoms. The molecule has 0 bridgehead atoms. The monoisotopic (exact) mass is 270 g/mol. The van der Waals surface area contributed by atoms with E-state index in [1.807, 2.05) is 30.6 Å². The van der Waals surface area contributed by atoms with Gasteiger partial charge in [-0.3, -0.25) is 9.78 Å². The summed E-state index contributed by atoms with van der Waals surface area (Å²) in [4.78, 5) is 20.5. The van der Waals surface area contributed by atoms with Crippen molar-refractivity contribution >= 4 is 5.91 Å². The number of aromatic nitrogens is 3. The molecule has 3 rings (SSSR count). The molecule has 0 saturated heterocycles. The average Bonchev–Trinajstić information content (AvgIpc) is 2.94. The van der Waals surface area contributed by atoms with Gasteiger partial charge in [-0.05, 0) is 25.0 Å². The molecule has 1 aliphatic heterocycles. The van der Waals surface area contributed by atoms with Gasteiger partial charge in [-0.25, -0.2) is 4.98 Å². The SMILES string of the molecule is O=C(CCc1ccccn1)NC1CCn2ccnc2C1. The second-order valence-electron chi connectivity index (χ2n) is 5.12. The van der Waals surface area contributed by atoms with Gasteiger partial charge in [0.2, 0.25) is 5.91 Å². The summed E-state index contributed by atoms with van der Waals surface area (Å²) in [7, 11) is 0. The second-order valence-corrected chi connectivity index (χ2v) is 5.12. The third-order valence-corrected chi connectivity index (χ3v) is 3.65. The van der Waals surface area contributed by atoms with Crippen molar-refractivity contribution in [1.82, 2.24) is 19.9 Å². The molecule has 0 aromatic carbocycles. The van der Waals surface area contributed by atoms with Crippen molar-refractivity contribution in [2.24, 2.45) is 0 Å². The number of nitrogens with one attached hydrogen (secondary N) is 1. The number of nitrogens with zero attached hydrogens (tertiary/aromatic N) is 3. The number of amides is 1. The largest absolute Gasteiger partial charge is 0.353 e. The van der Waals surface area contributed by atoms with E-state index in [-0.39, 0.29) is 11.9 Å². The van der Waals surface area contributed by atoms with Crippen LogP contribution in [0.4, 0.5) is 0 Å². The highest BCUT2D eigenvalue weighted by atomic mass is 16.1. The summed E-state index contributed by atoms with van der Waals surface area (Å²) in [6, 6.07) is 5.99. The molecule has 0 fully saturated rings. The van der Waals surface area contributed by atoms with E-state index in [0.717, 1.165) is 30.9 Å². The van der Waals surface area contributed by atoms with Crippen LogP contribution in [0, 0.1) is 0 Å². The topological polar surface area (TPSA) is 59.8 Å². The maximum absolute atomic E-state index is 12.0. The minimum atomic E-state index is 0.0978. The maximum Gasteiger partial charge on any atom is 0.220 e. The van der Waals surface area contributed by atoms with E-state index in [0.29, 0.717) is 12.8 Å². The van der Waals surface area contributed by atoms with Gasteiger partial charge in [-0.1, -0.05) is 6.07 Å². The average molecular weight is 270 g/mol. The van der Waals surface area contributed by atoms with Crippen LogP contribution in [0.15, 0.2) is 36.8 Å². The fourth-order valence-corrected chi connectivity index (χ4v) is 2.56. The molecular formula is C15H18N4O. The summed E-state index contributed by atoms with van der Waals surface area (Å²) in [6.07, 6.45) is 8.54. The highest BCUT2D eigenvalue weighted by Gasteiger charge is 2.20. The number of fused-ring (bicyclic) bond motifs is 1. The molecule has 0 spiro atoms. The first-order valence-electron chi connectivity index (χ1n) is 7.00. The van der Waals surface area contributed by atoms with Gasteiger partial charge in [0, 0.05) is 49.7 Å². The lowest BCUT2D eigenvalue weighted by Gasteiger charge is -2.24. The quantitative estimate of drug-likeness (QED) is 0.912. The highest BCUT2D eigenvalue weighted by Crippen LogP contribution is 2.13. The Bertz CT molecular complexity index is 579. The standard InChI is InChI=1S/C15H18N4O/c20-15(5-4-12-3-1-2-7-16-12)18-13-6-9-19-10-8-17-14(19)11-13/h1-3,7-8,10,13H,4-6,9,11H2,(H,18,20). The molecule has 104 valence electrons. The predicted molar refractivity (Wildman–Crippen MR) is 75.0 cm³/mol. The molecule has 1 atom stereocenters. The Morgan fingerprint density at radius 2 is 2.30 bits per heavy atom. The Hall–Kier alpha value is -2.17. The fraction of sp³-hybridized carbons (Fsp3) is 0.400. The van der Waals surface area contributed by atoms with Crippen LogP contribution in [0.1, 0.15) is 24.4 Å². The molecule has 2 aromatic rings. The van der Waals surface area contributed by atoms with Gasteiger partial charge in [0.15, 0.2) is 0 Å². The van der Waals surface area contributed by atoms with Gasteiger partial charge in [-0.2, -0.15) is 0 Å². The number of aryl methyl sites for hydroxylation is 2. The van der Waals surface area contributed by atoms with Crippen LogP contribution in [0.3, 0.4) is 0 Å².